The molecule has 5 nitrogen and oxygen atoms in total. The van der Waals surface area contributed by atoms with E-state index in [9.17, 15) is 4.79 Å². The first-order valence-corrected chi connectivity index (χ1v) is 7.56. The Morgan fingerprint density at radius 2 is 1.74 bits per heavy atom. The monoisotopic (exact) mass is 308 g/mol. The lowest BCUT2D eigenvalue weighted by molar-refractivity contribution is -0.112. The smallest absolute Gasteiger partial charge is 0.206 e. The van der Waals surface area contributed by atoms with E-state index in [1.54, 1.807) is 5.01 Å². The van der Waals surface area contributed by atoms with Gasteiger partial charge < -0.3 is 0 Å². The number of hydrogen-bond acceptors (Lipinski definition) is 5. The number of carbonyl (C=O) groups excluding carboxylic acids is 1. The zero-order valence-electron chi connectivity index (χ0n) is 13.5. The van der Waals surface area contributed by atoms with Gasteiger partial charge in [-0.1, -0.05) is 48.0 Å². The molecule has 23 heavy (non-hydrogen) atoms. The number of anilines is 1. The molecule has 1 aliphatic heterocycles. The predicted octanol–water partition coefficient (Wildman–Crippen LogP) is 2.85. The number of hydrazone groups is 1. The van der Waals surface area contributed by atoms with Crippen molar-refractivity contribution in [3.8, 4) is 0 Å². The van der Waals surface area contributed by atoms with E-state index in [1.807, 2.05) is 73.6 Å². The Hall–Kier alpha value is -2.66. The van der Waals surface area contributed by atoms with Crippen LogP contribution in [-0.2, 0) is 4.79 Å². The van der Waals surface area contributed by atoms with Gasteiger partial charge >= 0.3 is 0 Å². The molecule has 5 heteroatoms. The summed E-state index contributed by atoms with van der Waals surface area (Å²) < 4.78 is 0. The van der Waals surface area contributed by atoms with Gasteiger partial charge in [0.25, 0.3) is 0 Å². The molecule has 1 aliphatic rings. The van der Waals surface area contributed by atoms with Gasteiger partial charge in [0.2, 0.25) is 5.84 Å². The molecule has 0 amide bonds. The van der Waals surface area contributed by atoms with E-state index >= 15 is 0 Å². The average Bonchev–Trinajstić information content (AvgIpc) is 2.56. The van der Waals surface area contributed by atoms with E-state index in [1.165, 1.54) is 12.5 Å². The van der Waals surface area contributed by atoms with Crippen molar-refractivity contribution in [3.05, 3.63) is 65.7 Å². The fourth-order valence-corrected chi connectivity index (χ4v) is 2.59. The molecule has 0 spiro atoms. The number of hydrazine groups is 1. The molecule has 118 valence electrons. The maximum absolute atomic E-state index is 11.8. The molecular formula is C18H20N4O. The summed E-state index contributed by atoms with van der Waals surface area (Å²) in [4.78, 5) is 11.8. The summed E-state index contributed by atoms with van der Waals surface area (Å²) >= 11 is 0. The highest BCUT2D eigenvalue weighted by molar-refractivity contribution is 6.37. The highest BCUT2D eigenvalue weighted by Crippen LogP contribution is 2.28. The number of amidine groups is 1. The van der Waals surface area contributed by atoms with E-state index in [4.69, 9.17) is 0 Å². The molecule has 1 N–H and O–H groups in total. The van der Waals surface area contributed by atoms with Gasteiger partial charge in [0.1, 0.15) is 6.17 Å². The van der Waals surface area contributed by atoms with Crippen molar-refractivity contribution >= 4 is 17.3 Å². The molecule has 2 aromatic rings. The first-order chi connectivity index (χ1) is 11.1. The van der Waals surface area contributed by atoms with Crippen LogP contribution in [0.2, 0.25) is 0 Å². The maximum atomic E-state index is 11.8. The summed E-state index contributed by atoms with van der Waals surface area (Å²) in [6.07, 6.45) is -0.174. The van der Waals surface area contributed by atoms with E-state index in [0.29, 0.717) is 5.84 Å². The van der Waals surface area contributed by atoms with Crippen LogP contribution in [0.25, 0.3) is 0 Å². The lowest BCUT2D eigenvalue weighted by atomic mass is 10.1. The molecule has 3 rings (SSSR count). The quantitative estimate of drug-likeness (QED) is 0.947. The molecule has 0 aromatic heterocycles. The second-order valence-corrected chi connectivity index (χ2v) is 5.66. The number of nitrogens with zero attached hydrogens (tertiary/aromatic N) is 3. The minimum absolute atomic E-state index is 0.0800. The molecule has 0 aliphatic carbocycles. The van der Waals surface area contributed by atoms with Crippen molar-refractivity contribution < 1.29 is 4.79 Å². The third-order valence-electron chi connectivity index (χ3n) is 3.81. The van der Waals surface area contributed by atoms with Crippen LogP contribution < -0.4 is 10.4 Å². The highest BCUT2D eigenvalue weighted by atomic mass is 16.1. The van der Waals surface area contributed by atoms with Crippen molar-refractivity contribution in [3.63, 3.8) is 0 Å². The molecule has 1 heterocycles. The molecule has 0 fully saturated rings. The van der Waals surface area contributed by atoms with Crippen LogP contribution in [0.4, 0.5) is 5.69 Å². The summed E-state index contributed by atoms with van der Waals surface area (Å²) in [5.74, 6) is 0.307. The Balaban J connectivity index is 2.07. The van der Waals surface area contributed by atoms with E-state index in [0.717, 1.165) is 11.3 Å². The number of rotatable bonds is 3. The zero-order chi connectivity index (χ0) is 16.4. The van der Waals surface area contributed by atoms with Crippen molar-refractivity contribution in [1.82, 2.24) is 10.4 Å². The van der Waals surface area contributed by atoms with Gasteiger partial charge in [0.15, 0.2) is 5.78 Å². The minimum atomic E-state index is -0.174. The molecule has 0 bridgehead atoms. The van der Waals surface area contributed by atoms with E-state index in [2.05, 4.69) is 10.5 Å². The number of benzene rings is 2. The van der Waals surface area contributed by atoms with Gasteiger partial charge in [-0.05, 0) is 24.6 Å². The molecule has 1 atom stereocenters. The lowest BCUT2D eigenvalue weighted by Gasteiger charge is -2.39. The SMILES string of the molecule is CC(=O)C1=NN(c2ccc(C)cc2)[C@@H](c2ccccc2)NN1C. The highest BCUT2D eigenvalue weighted by Gasteiger charge is 2.30. The Bertz CT molecular complexity index is 724. The molecule has 0 unspecified atom stereocenters. The molecule has 0 saturated heterocycles. The molecule has 0 saturated carbocycles. The summed E-state index contributed by atoms with van der Waals surface area (Å²) in [7, 11) is 1.81. The van der Waals surface area contributed by atoms with Crippen LogP contribution in [0.15, 0.2) is 59.7 Å². The second kappa shape index (κ2) is 6.22. The fraction of sp³-hybridized carbons (Fsp3) is 0.222. The third kappa shape index (κ3) is 3.10. The van der Waals surface area contributed by atoms with Crippen LogP contribution in [0, 0.1) is 6.92 Å². The van der Waals surface area contributed by atoms with Gasteiger partial charge in [-0.2, -0.15) is 0 Å². The number of likely N-dealkylation sites (N-methyl/N-ethyl adjacent to an activating group) is 1. The molecular weight excluding hydrogens is 288 g/mol. The summed E-state index contributed by atoms with van der Waals surface area (Å²) in [5.41, 5.74) is 6.53. The summed E-state index contributed by atoms with van der Waals surface area (Å²) in [6, 6.07) is 18.2. The maximum Gasteiger partial charge on any atom is 0.206 e. The Labute approximate surface area is 136 Å². The number of hydrogen-bond donors (Lipinski definition) is 1. The van der Waals surface area contributed by atoms with Gasteiger partial charge in [0, 0.05) is 14.0 Å². The van der Waals surface area contributed by atoms with Crippen molar-refractivity contribution in [2.45, 2.75) is 20.0 Å². The number of ketones is 1. The Morgan fingerprint density at radius 3 is 2.35 bits per heavy atom. The van der Waals surface area contributed by atoms with Crippen LogP contribution in [0.5, 0.6) is 0 Å². The van der Waals surface area contributed by atoms with Crippen LogP contribution >= 0.6 is 0 Å². The number of Topliss-reactive ketones (excluding diaryl/α,β-unsaturated/α-hetero) is 1. The third-order valence-corrected chi connectivity index (χ3v) is 3.81. The fourth-order valence-electron chi connectivity index (χ4n) is 2.59. The number of nitrogens with one attached hydrogen (secondary N) is 1. The van der Waals surface area contributed by atoms with Crippen molar-refractivity contribution in [2.24, 2.45) is 5.10 Å². The van der Waals surface area contributed by atoms with E-state index < -0.39 is 0 Å². The molecule has 2 aromatic carbocycles. The first kappa shape index (κ1) is 15.2. The zero-order valence-corrected chi connectivity index (χ0v) is 13.5. The summed E-state index contributed by atoms with van der Waals surface area (Å²) in [5, 5.41) is 8.12. The van der Waals surface area contributed by atoms with Gasteiger partial charge in [0.05, 0.1) is 5.69 Å². The summed E-state index contributed by atoms with van der Waals surface area (Å²) in [6.45, 7) is 3.57. The van der Waals surface area contributed by atoms with Crippen molar-refractivity contribution in [2.75, 3.05) is 12.1 Å². The Kier molecular flexibility index (Phi) is 4.12. The Morgan fingerprint density at radius 1 is 1.09 bits per heavy atom. The van der Waals surface area contributed by atoms with Crippen LogP contribution in [-0.4, -0.2) is 23.7 Å². The first-order valence-electron chi connectivity index (χ1n) is 7.56. The van der Waals surface area contributed by atoms with Crippen LogP contribution in [0.3, 0.4) is 0 Å². The number of carbonyl (C=O) groups is 1. The minimum Gasteiger partial charge on any atom is -0.291 e. The van der Waals surface area contributed by atoms with Crippen LogP contribution in [0.1, 0.15) is 24.2 Å². The molecule has 0 radical (unpaired) electrons. The second-order valence-electron chi connectivity index (χ2n) is 5.66. The van der Waals surface area contributed by atoms with Gasteiger partial charge in [-0.15, -0.1) is 5.10 Å². The largest absolute Gasteiger partial charge is 0.291 e. The average molecular weight is 308 g/mol. The standard InChI is InChI=1S/C18H20N4O/c1-13-9-11-16(12-10-13)22-18(15-7-5-4-6-8-15)19-21(3)17(20-22)14(2)23/h4-12,18-19H,1-3H3/t18-/m0/s1. The predicted molar refractivity (Wildman–Crippen MR) is 91.9 cm³/mol. The lowest BCUT2D eigenvalue weighted by Crippen LogP contribution is -2.54. The van der Waals surface area contributed by atoms with Gasteiger partial charge in [-0.25, -0.2) is 10.4 Å². The van der Waals surface area contributed by atoms with E-state index in [-0.39, 0.29) is 11.9 Å². The number of aryl methyl sites for hydroxylation is 1. The van der Waals surface area contributed by atoms with Crippen molar-refractivity contribution in [1.29, 1.82) is 0 Å². The normalized spacial score (nSPS) is 17.9. The van der Waals surface area contributed by atoms with Gasteiger partial charge in [-0.3, -0.25) is 9.80 Å². The topological polar surface area (TPSA) is 47.9 Å².